The smallest absolute Gasteiger partial charge is 0.308 e. The summed E-state index contributed by atoms with van der Waals surface area (Å²) in [7, 11) is 6.53. The number of nitrogens with zero attached hydrogens (tertiary/aromatic N) is 1. The largest absolute Gasteiger partial charge is 0.469 e. The second-order valence-corrected chi connectivity index (χ2v) is 13.7. The number of ether oxygens (including phenoxy) is 3. The van der Waals surface area contributed by atoms with Crippen LogP contribution in [-0.2, 0) is 28.6 Å². The van der Waals surface area contributed by atoms with Gasteiger partial charge in [0, 0.05) is 13.5 Å². The molecule has 362 valence electrons. The fourth-order valence-electron chi connectivity index (χ4n) is 3.03. The predicted octanol–water partition coefficient (Wildman–Crippen LogP) is 11.2. The number of carbonyl (C=O) groups is 3. The molecule has 0 bridgehead atoms. The molecule has 0 aliphatic heterocycles. The van der Waals surface area contributed by atoms with Gasteiger partial charge in [0.1, 0.15) is 19.7 Å². The number of aldehydes is 1. The first-order chi connectivity index (χ1) is 27.8. The van der Waals surface area contributed by atoms with Gasteiger partial charge in [0.05, 0.1) is 31.0 Å². The van der Waals surface area contributed by atoms with Gasteiger partial charge in [-0.05, 0) is 78.5 Å². The van der Waals surface area contributed by atoms with E-state index in [-0.39, 0.29) is 49.2 Å². The predicted molar refractivity (Wildman–Crippen MR) is 258 cm³/mol. The zero-order valence-corrected chi connectivity index (χ0v) is 43.4. The van der Waals surface area contributed by atoms with Gasteiger partial charge in [-0.3, -0.25) is 9.59 Å². The third kappa shape index (κ3) is 117. The number of esters is 2. The molecule has 0 spiro atoms. The van der Waals surface area contributed by atoms with Crippen LogP contribution in [0.1, 0.15) is 194 Å². The van der Waals surface area contributed by atoms with Gasteiger partial charge in [0.25, 0.3) is 0 Å². The molecule has 58 heavy (non-hydrogen) atoms. The van der Waals surface area contributed by atoms with Gasteiger partial charge in [0.15, 0.2) is 0 Å². The Hall–Kier alpha value is -1.28. The molecule has 0 fully saturated rings. The second kappa shape index (κ2) is 91.4. The maximum atomic E-state index is 11.6. The highest BCUT2D eigenvalue weighted by Crippen LogP contribution is 2.12. The highest BCUT2D eigenvalue weighted by atomic mass is 32.2. The summed E-state index contributed by atoms with van der Waals surface area (Å²) >= 11 is 1.58. The van der Waals surface area contributed by atoms with Gasteiger partial charge in [-0.2, -0.15) is 0 Å². The Morgan fingerprint density at radius 1 is 0.724 bits per heavy atom. The zero-order valence-electron chi connectivity index (χ0n) is 42.6. The molecule has 0 aromatic carbocycles. The monoisotopic (exact) mass is 865 g/mol. The van der Waals surface area contributed by atoms with E-state index < -0.39 is 0 Å². The number of nitrogens with one attached hydrogen (secondary N) is 1. The van der Waals surface area contributed by atoms with Crippen molar-refractivity contribution >= 4 is 30.0 Å². The molecule has 0 aliphatic rings. The normalized spacial score (nSPS) is 10.3. The van der Waals surface area contributed by atoms with Gasteiger partial charge < -0.3 is 44.5 Å². The van der Waals surface area contributed by atoms with E-state index in [4.69, 9.17) is 24.8 Å². The van der Waals surface area contributed by atoms with Crippen LogP contribution in [0, 0.1) is 11.8 Å². The highest BCUT2D eigenvalue weighted by molar-refractivity contribution is 7.99. The third-order valence-electron chi connectivity index (χ3n) is 6.21. The summed E-state index contributed by atoms with van der Waals surface area (Å²) in [5.41, 5.74) is 0. The lowest BCUT2D eigenvalue weighted by Crippen LogP contribution is -2.22. The summed E-state index contributed by atoms with van der Waals surface area (Å²) in [5.74, 6) is 1.04. The maximum absolute atomic E-state index is 11.6. The quantitative estimate of drug-likeness (QED) is 0.0334. The lowest BCUT2D eigenvalue weighted by atomic mass is 10.0. The first-order valence-electron chi connectivity index (χ1n) is 22.7. The van der Waals surface area contributed by atoms with Crippen LogP contribution < -0.4 is 5.32 Å². The Morgan fingerprint density at radius 3 is 1.53 bits per heavy atom. The van der Waals surface area contributed by atoms with E-state index in [1.54, 1.807) is 18.7 Å². The van der Waals surface area contributed by atoms with E-state index in [0.717, 1.165) is 51.4 Å². The number of aliphatic hydroxyl groups excluding tert-OH is 3. The Morgan fingerprint density at radius 2 is 1.21 bits per heavy atom. The third-order valence-corrected chi connectivity index (χ3v) is 6.97. The molecule has 0 amide bonds. The molecule has 0 aromatic heterocycles. The number of aliphatic hydroxyl groups is 3. The Kier molecular flexibility index (Phi) is 127. The van der Waals surface area contributed by atoms with Crippen molar-refractivity contribution in [2.24, 2.45) is 11.8 Å². The van der Waals surface area contributed by atoms with Crippen LogP contribution >= 0.6 is 11.8 Å². The lowest BCUT2D eigenvalue weighted by molar-refractivity contribution is -0.154. The van der Waals surface area contributed by atoms with Gasteiger partial charge in [-0.25, -0.2) is 0 Å². The molecule has 0 heterocycles. The lowest BCUT2D eigenvalue weighted by Gasteiger charge is -2.14. The minimum Gasteiger partial charge on any atom is -0.469 e. The second-order valence-electron chi connectivity index (χ2n) is 12.6. The van der Waals surface area contributed by atoms with Gasteiger partial charge in [-0.1, -0.05) is 149 Å². The van der Waals surface area contributed by atoms with Crippen LogP contribution in [-0.4, -0.2) is 118 Å². The Bertz CT molecular complexity index is 628. The number of methoxy groups -OCH3 is 1. The van der Waals surface area contributed by atoms with Crippen LogP contribution in [0.3, 0.4) is 0 Å². The summed E-state index contributed by atoms with van der Waals surface area (Å²) in [5, 5.41) is 27.2. The van der Waals surface area contributed by atoms with Crippen molar-refractivity contribution in [3.05, 3.63) is 0 Å². The molecule has 0 saturated carbocycles. The van der Waals surface area contributed by atoms with E-state index in [0.29, 0.717) is 6.42 Å². The van der Waals surface area contributed by atoms with E-state index in [1.807, 2.05) is 55.4 Å². The number of hydrogen-bond acceptors (Lipinski definition) is 12. The van der Waals surface area contributed by atoms with Crippen molar-refractivity contribution < 1.29 is 43.9 Å². The SMILES string of the molecule is CC.CC.CCC.CCC.CCC(C)C(=O)OC.CCC=O.CCCCCCC(C)C(=O)OCC(C)OCO.CCCCNCCC.CN(C)CCCSCO.CO. The van der Waals surface area contributed by atoms with Crippen molar-refractivity contribution in [1.82, 2.24) is 10.2 Å². The van der Waals surface area contributed by atoms with Crippen molar-refractivity contribution in [1.29, 1.82) is 0 Å². The first-order valence-corrected chi connectivity index (χ1v) is 23.8. The van der Waals surface area contributed by atoms with Crippen LogP contribution in [0.4, 0.5) is 0 Å². The summed E-state index contributed by atoms with van der Waals surface area (Å²) in [4.78, 5) is 33.4. The standard InChI is InChI=1S/C13H26O4.C7H17N.C6H15NOS.C6H12O2.C3H6O.2C3H8.2C2H6.CH4O/c1-4-5-6-7-8-11(2)13(15)16-9-12(3)17-10-14;1-3-5-7-8-6-4-2;1-7(2)4-3-5-9-6-8;1-4-5(2)6(7)8-3;1-2-3-4;2*1-3-2;3*1-2/h11-12,14H,4-10H2,1-3H3;8H,3-7H2,1-2H3;8H,3-6H2,1-2H3;5H,4H2,1-3H3;3H,2H2,1H3;2*3H2,1-2H3;2*1-2H3;2H,1H3. The maximum Gasteiger partial charge on any atom is 0.308 e. The fourth-order valence-corrected chi connectivity index (χ4v) is 3.49. The molecule has 0 rings (SSSR count). The van der Waals surface area contributed by atoms with Crippen molar-refractivity contribution in [3.63, 3.8) is 0 Å². The minimum absolute atomic E-state index is 0.0480. The number of rotatable bonds is 23. The number of hydrogen-bond donors (Lipinski definition) is 4. The molecule has 3 atom stereocenters. The molecule has 11 nitrogen and oxygen atoms in total. The molecule has 0 radical (unpaired) electrons. The average molecular weight is 865 g/mol. The van der Waals surface area contributed by atoms with Gasteiger partial charge >= 0.3 is 11.9 Å². The molecule has 12 heteroatoms. The molecule has 0 saturated heterocycles. The average Bonchev–Trinajstić information content (AvgIpc) is 3.24. The molecule has 0 aliphatic carbocycles. The molecule has 3 unspecified atom stereocenters. The Labute approximate surface area is 368 Å². The molecular formula is C46H108N2O9S. The summed E-state index contributed by atoms with van der Waals surface area (Å²) < 4.78 is 14.4. The van der Waals surface area contributed by atoms with Crippen molar-refractivity contribution in [3.8, 4) is 0 Å². The molecule has 4 N–H and O–H groups in total. The minimum atomic E-state index is -0.342. The Balaban J connectivity index is -0.0000000609. The van der Waals surface area contributed by atoms with Crippen LogP contribution in [0.5, 0.6) is 0 Å². The van der Waals surface area contributed by atoms with Crippen molar-refractivity contribution in [2.45, 2.75) is 200 Å². The van der Waals surface area contributed by atoms with Gasteiger partial charge in [0.2, 0.25) is 0 Å². The summed E-state index contributed by atoms with van der Waals surface area (Å²) in [6.45, 7) is 35.7. The number of carbonyl (C=O) groups excluding carboxylic acids is 3. The van der Waals surface area contributed by atoms with E-state index in [2.05, 4.69) is 77.5 Å². The summed E-state index contributed by atoms with van der Waals surface area (Å²) in [6.07, 6.45) is 15.2. The number of thioether (sulfide) groups is 1. The van der Waals surface area contributed by atoms with Crippen molar-refractivity contribution in [2.75, 3.05) is 73.0 Å². The summed E-state index contributed by atoms with van der Waals surface area (Å²) in [6, 6.07) is 0. The number of unbranched alkanes of at least 4 members (excludes halogenated alkanes) is 4. The van der Waals surface area contributed by atoms with E-state index >= 15 is 0 Å². The van der Waals surface area contributed by atoms with Crippen LogP contribution in [0.2, 0.25) is 0 Å². The zero-order chi connectivity index (χ0) is 47.8. The topological polar surface area (TPSA) is 155 Å². The van der Waals surface area contributed by atoms with Crippen LogP contribution in [0.25, 0.3) is 0 Å². The molecule has 0 aromatic rings. The highest BCUT2D eigenvalue weighted by Gasteiger charge is 2.15. The fraction of sp³-hybridized carbons (Fsp3) is 0.935. The first kappa shape index (κ1) is 80.7. The van der Waals surface area contributed by atoms with Crippen LogP contribution in [0.15, 0.2) is 0 Å². The van der Waals surface area contributed by atoms with Gasteiger partial charge in [-0.15, -0.1) is 11.8 Å². The molecular weight excluding hydrogens is 757 g/mol. The van der Waals surface area contributed by atoms with E-state index in [9.17, 15) is 14.4 Å². The van der Waals surface area contributed by atoms with E-state index in [1.165, 1.54) is 71.6 Å².